The van der Waals surface area contributed by atoms with Gasteiger partial charge < -0.3 is 4.90 Å². The molecule has 0 radical (unpaired) electrons. The van der Waals surface area contributed by atoms with E-state index < -0.39 is 5.92 Å². The van der Waals surface area contributed by atoms with E-state index in [2.05, 4.69) is 9.89 Å². The Kier molecular flexibility index (Phi) is 4.66. The number of fused-ring (bicyclic) bond motifs is 2. The number of piperidine rings is 1. The number of guanidine groups is 1. The van der Waals surface area contributed by atoms with Crippen molar-refractivity contribution in [2.75, 3.05) is 13.1 Å². The first-order valence-electron chi connectivity index (χ1n) is 10.2. The molecule has 1 aromatic carbocycles. The number of aliphatic imine (C=N–C) groups is 3. The topological polar surface area (TPSA) is 74.5 Å². The van der Waals surface area contributed by atoms with Crippen molar-refractivity contribution in [1.82, 2.24) is 4.90 Å². The molecule has 0 bridgehead atoms. The van der Waals surface area contributed by atoms with Crippen LogP contribution >= 0.6 is 11.6 Å². The number of carbonyl (C=O) groups is 2. The van der Waals surface area contributed by atoms with Crippen molar-refractivity contribution in [3.8, 4) is 0 Å². The molecule has 4 aliphatic rings. The van der Waals surface area contributed by atoms with Crippen molar-refractivity contribution in [1.29, 1.82) is 0 Å². The Morgan fingerprint density at radius 2 is 1.66 bits per heavy atom. The quantitative estimate of drug-likeness (QED) is 0.711. The van der Waals surface area contributed by atoms with Crippen molar-refractivity contribution in [3.63, 3.8) is 0 Å². The second kappa shape index (κ2) is 7.34. The van der Waals surface area contributed by atoms with Crippen LogP contribution in [0.15, 0.2) is 44.8 Å². The van der Waals surface area contributed by atoms with Crippen molar-refractivity contribution in [2.45, 2.75) is 38.5 Å². The average Bonchev–Trinajstić information content (AvgIpc) is 2.74. The van der Waals surface area contributed by atoms with Gasteiger partial charge in [-0.3, -0.25) is 9.59 Å². The van der Waals surface area contributed by atoms with Crippen molar-refractivity contribution in [2.24, 2.45) is 20.9 Å². The van der Waals surface area contributed by atoms with Gasteiger partial charge in [-0.1, -0.05) is 23.7 Å². The third kappa shape index (κ3) is 3.25. The summed E-state index contributed by atoms with van der Waals surface area (Å²) in [4.78, 5) is 41.8. The Morgan fingerprint density at radius 3 is 2.41 bits per heavy atom. The number of Topliss-reactive ketones (excluding diaryl/α,β-unsaturated/α-hetero) is 1. The Hall–Kier alpha value is -2.60. The van der Waals surface area contributed by atoms with E-state index in [0.29, 0.717) is 40.8 Å². The Balaban J connectivity index is 1.63. The van der Waals surface area contributed by atoms with E-state index in [0.717, 1.165) is 43.6 Å². The molecule has 1 aromatic rings. The number of rotatable bonds is 1. The van der Waals surface area contributed by atoms with Gasteiger partial charge in [0.05, 0.1) is 5.71 Å². The van der Waals surface area contributed by atoms with Crippen LogP contribution in [0.3, 0.4) is 0 Å². The smallest absolute Gasteiger partial charge is 0.264 e. The SMILES string of the molecule is O=C1CCCC2=NC3=NC(N4CCCCC4)=NC(=O)C3C(c3ccc(Cl)cc3)=C12. The van der Waals surface area contributed by atoms with E-state index >= 15 is 0 Å². The number of allylic oxidation sites excluding steroid dienone is 1. The standard InChI is InChI=1S/C22H21ClN4O2/c23-14-9-7-13(8-10-14)17-18-15(5-4-6-16(18)28)24-20-19(17)21(29)26-22(25-20)27-11-2-1-3-12-27/h7-10,19H,1-6,11-12H2. The fourth-order valence-corrected chi connectivity index (χ4v) is 4.64. The van der Waals surface area contributed by atoms with Crippen molar-refractivity contribution < 1.29 is 9.59 Å². The molecule has 6 nitrogen and oxygen atoms in total. The molecule has 2 fully saturated rings. The molecule has 1 atom stereocenters. The molecule has 148 valence electrons. The molecule has 1 saturated heterocycles. The van der Waals surface area contributed by atoms with Gasteiger partial charge in [-0.15, -0.1) is 0 Å². The summed E-state index contributed by atoms with van der Waals surface area (Å²) in [5.41, 5.74) is 2.80. The molecule has 5 rings (SSSR count). The minimum atomic E-state index is -0.731. The van der Waals surface area contributed by atoms with Gasteiger partial charge in [0, 0.05) is 30.1 Å². The molecular formula is C22H21ClN4O2. The van der Waals surface area contributed by atoms with Gasteiger partial charge in [0.2, 0.25) is 5.96 Å². The van der Waals surface area contributed by atoms with E-state index in [1.807, 2.05) is 12.1 Å². The highest BCUT2D eigenvalue weighted by molar-refractivity contribution is 6.37. The van der Waals surface area contributed by atoms with Gasteiger partial charge in [-0.2, -0.15) is 9.98 Å². The summed E-state index contributed by atoms with van der Waals surface area (Å²) in [6.07, 6.45) is 5.30. The van der Waals surface area contributed by atoms with Crippen LogP contribution in [-0.4, -0.2) is 47.2 Å². The molecule has 0 spiro atoms. The van der Waals surface area contributed by atoms with E-state index in [1.54, 1.807) is 12.1 Å². The van der Waals surface area contributed by atoms with Crippen LogP contribution in [0.4, 0.5) is 0 Å². The lowest BCUT2D eigenvalue weighted by Crippen LogP contribution is -2.42. The number of nitrogens with zero attached hydrogens (tertiary/aromatic N) is 4. The minimum absolute atomic E-state index is 0.0395. The van der Waals surface area contributed by atoms with Crippen LogP contribution in [0.5, 0.6) is 0 Å². The first-order valence-corrected chi connectivity index (χ1v) is 10.6. The van der Waals surface area contributed by atoms with Crippen LogP contribution in [0.1, 0.15) is 44.1 Å². The summed E-state index contributed by atoms with van der Waals surface area (Å²) in [6.45, 7) is 1.71. The zero-order valence-electron chi connectivity index (χ0n) is 16.0. The molecule has 1 saturated carbocycles. The highest BCUT2D eigenvalue weighted by Gasteiger charge is 2.42. The second-order valence-corrected chi connectivity index (χ2v) is 8.27. The molecule has 7 heteroatoms. The monoisotopic (exact) mass is 408 g/mol. The number of hydrogen-bond donors (Lipinski definition) is 0. The maximum Gasteiger partial charge on any atom is 0.264 e. The van der Waals surface area contributed by atoms with Gasteiger partial charge >= 0.3 is 0 Å². The average molecular weight is 409 g/mol. The fraction of sp³-hybridized carbons (Fsp3) is 0.409. The number of ketones is 1. The minimum Gasteiger partial charge on any atom is -0.341 e. The Labute approximate surface area is 174 Å². The van der Waals surface area contributed by atoms with E-state index in [9.17, 15) is 9.59 Å². The molecule has 1 amide bonds. The lowest BCUT2D eigenvalue weighted by molar-refractivity contribution is -0.118. The summed E-state index contributed by atoms with van der Waals surface area (Å²) >= 11 is 6.06. The number of amidine groups is 1. The highest BCUT2D eigenvalue weighted by Crippen LogP contribution is 2.39. The van der Waals surface area contributed by atoms with Gasteiger partial charge in [0.15, 0.2) is 5.78 Å². The third-order valence-electron chi connectivity index (χ3n) is 5.92. The van der Waals surface area contributed by atoms with Crippen molar-refractivity contribution in [3.05, 3.63) is 40.4 Å². The molecule has 0 aromatic heterocycles. The van der Waals surface area contributed by atoms with Crippen LogP contribution in [0.25, 0.3) is 5.57 Å². The van der Waals surface area contributed by atoms with E-state index in [1.165, 1.54) is 6.42 Å². The first-order chi connectivity index (χ1) is 14.1. The molecule has 1 unspecified atom stereocenters. The Morgan fingerprint density at radius 1 is 0.897 bits per heavy atom. The van der Waals surface area contributed by atoms with Crippen LogP contribution < -0.4 is 0 Å². The lowest BCUT2D eigenvalue weighted by Gasteiger charge is -2.33. The Bertz CT molecular complexity index is 1010. The number of dihydropyridines is 1. The van der Waals surface area contributed by atoms with Crippen LogP contribution in [-0.2, 0) is 9.59 Å². The molecule has 3 aliphatic heterocycles. The molecule has 1 aliphatic carbocycles. The normalized spacial score (nSPS) is 24.5. The molecular weight excluding hydrogens is 388 g/mol. The van der Waals surface area contributed by atoms with Gasteiger partial charge in [-0.25, -0.2) is 4.99 Å². The predicted octanol–water partition coefficient (Wildman–Crippen LogP) is 3.70. The van der Waals surface area contributed by atoms with Gasteiger partial charge in [0.25, 0.3) is 5.91 Å². The zero-order valence-corrected chi connectivity index (χ0v) is 16.8. The summed E-state index contributed by atoms with van der Waals surface area (Å²) in [7, 11) is 0. The summed E-state index contributed by atoms with van der Waals surface area (Å²) in [5, 5.41) is 0.605. The second-order valence-electron chi connectivity index (χ2n) is 7.83. The summed E-state index contributed by atoms with van der Waals surface area (Å²) in [6, 6.07) is 7.25. The number of halogens is 1. The molecule has 0 N–H and O–H groups in total. The number of hydrogen-bond acceptors (Lipinski definition) is 5. The number of likely N-dealkylation sites (tertiary alicyclic amines) is 1. The van der Waals surface area contributed by atoms with E-state index in [-0.39, 0.29) is 11.7 Å². The zero-order chi connectivity index (χ0) is 20.0. The maximum absolute atomic E-state index is 13.2. The fourth-order valence-electron chi connectivity index (χ4n) is 4.51. The van der Waals surface area contributed by atoms with Crippen LogP contribution in [0.2, 0.25) is 5.02 Å². The predicted molar refractivity (Wildman–Crippen MR) is 113 cm³/mol. The van der Waals surface area contributed by atoms with E-state index in [4.69, 9.17) is 21.6 Å². The summed E-state index contributed by atoms with van der Waals surface area (Å²) < 4.78 is 0. The maximum atomic E-state index is 13.2. The summed E-state index contributed by atoms with van der Waals surface area (Å²) in [5.74, 6) is -0.0624. The number of amides is 1. The van der Waals surface area contributed by atoms with Crippen LogP contribution in [0, 0.1) is 5.92 Å². The van der Waals surface area contributed by atoms with Gasteiger partial charge in [0.1, 0.15) is 11.8 Å². The first kappa shape index (κ1) is 18.4. The number of benzene rings is 1. The largest absolute Gasteiger partial charge is 0.341 e. The molecule has 3 heterocycles. The van der Waals surface area contributed by atoms with Gasteiger partial charge in [-0.05, 0) is 55.4 Å². The van der Waals surface area contributed by atoms with Crippen molar-refractivity contribution >= 4 is 46.4 Å². The lowest BCUT2D eigenvalue weighted by atomic mass is 9.77. The number of carbonyl (C=O) groups excluding carboxylic acids is 2. The highest BCUT2D eigenvalue weighted by atomic mass is 35.5. The third-order valence-corrected chi connectivity index (χ3v) is 6.17. The molecule has 29 heavy (non-hydrogen) atoms.